The number of rotatable bonds is 5. The third-order valence-corrected chi connectivity index (χ3v) is 5.55. The first kappa shape index (κ1) is 18.7. The van der Waals surface area contributed by atoms with Gasteiger partial charge in [-0.2, -0.15) is 5.26 Å². The Labute approximate surface area is 155 Å². The molecule has 1 aliphatic rings. The predicted octanol–water partition coefficient (Wildman–Crippen LogP) is 4.52. The van der Waals surface area contributed by atoms with Gasteiger partial charge < -0.3 is 10.6 Å². The minimum Gasteiger partial charge on any atom is -0.352 e. The number of thiophene rings is 1. The van der Waals surface area contributed by atoms with Crippen molar-refractivity contribution in [2.75, 3.05) is 5.32 Å². The molecule has 0 saturated heterocycles. The first-order chi connectivity index (χ1) is 10.9. The maximum Gasteiger partial charge on any atom is 0.228 e. The van der Waals surface area contributed by atoms with Crippen LogP contribution in [0.4, 0.5) is 5.00 Å². The monoisotopic (exact) mass is 393 g/mol. The molecule has 1 amide bonds. The molecular formula is C15H18Cl3N3OS. The Kier molecular flexibility index (Phi) is 6.44. The number of carbonyl (C=O) groups is 1. The van der Waals surface area contributed by atoms with E-state index in [1.807, 2.05) is 6.92 Å². The van der Waals surface area contributed by atoms with E-state index >= 15 is 0 Å². The van der Waals surface area contributed by atoms with Crippen molar-refractivity contribution >= 4 is 57.0 Å². The van der Waals surface area contributed by atoms with Gasteiger partial charge in [-0.25, -0.2) is 0 Å². The highest BCUT2D eigenvalue weighted by atomic mass is 35.6. The van der Waals surface area contributed by atoms with Crippen LogP contribution < -0.4 is 10.6 Å². The van der Waals surface area contributed by atoms with Crippen molar-refractivity contribution in [1.82, 2.24) is 5.32 Å². The summed E-state index contributed by atoms with van der Waals surface area (Å²) in [7, 11) is 0. The van der Waals surface area contributed by atoms with Crippen LogP contribution in [0.15, 0.2) is 0 Å². The molecule has 126 valence electrons. The maximum absolute atomic E-state index is 11.9. The summed E-state index contributed by atoms with van der Waals surface area (Å²) in [6, 6.07) is 2.24. The number of hydrogen-bond donors (Lipinski definition) is 2. The molecule has 0 bridgehead atoms. The molecule has 1 atom stereocenters. The zero-order valence-corrected chi connectivity index (χ0v) is 15.8. The van der Waals surface area contributed by atoms with Gasteiger partial charge in [0.1, 0.15) is 17.2 Å². The number of nitrogens with zero attached hydrogens (tertiary/aromatic N) is 1. The second-order valence-electron chi connectivity index (χ2n) is 5.46. The Morgan fingerprint density at radius 3 is 2.70 bits per heavy atom. The maximum atomic E-state index is 11.9. The molecule has 8 heteroatoms. The lowest BCUT2D eigenvalue weighted by Crippen LogP contribution is -2.49. The van der Waals surface area contributed by atoms with E-state index < -0.39 is 9.96 Å². The topological polar surface area (TPSA) is 64.9 Å². The Morgan fingerprint density at radius 2 is 2.09 bits per heavy atom. The number of carbonyl (C=O) groups excluding carboxylic acids is 1. The van der Waals surface area contributed by atoms with E-state index in [4.69, 9.17) is 34.8 Å². The fraction of sp³-hybridized carbons (Fsp3) is 0.600. The summed E-state index contributed by atoms with van der Waals surface area (Å²) in [6.07, 6.45) is 4.24. The second kappa shape index (κ2) is 7.94. The lowest BCUT2D eigenvalue weighted by Gasteiger charge is -2.27. The summed E-state index contributed by atoms with van der Waals surface area (Å²) in [6.45, 7) is 1.90. The van der Waals surface area contributed by atoms with Crippen LogP contribution in [-0.2, 0) is 17.6 Å². The summed E-state index contributed by atoms with van der Waals surface area (Å²) in [5.41, 5.74) is 1.70. The van der Waals surface area contributed by atoms with E-state index in [-0.39, 0.29) is 5.91 Å². The number of nitriles is 1. The zero-order chi connectivity index (χ0) is 17.0. The Bertz CT molecular complexity index is 619. The van der Waals surface area contributed by atoms with E-state index in [1.54, 1.807) is 0 Å². The summed E-state index contributed by atoms with van der Waals surface area (Å²) < 4.78 is -1.72. The van der Waals surface area contributed by atoms with Crippen molar-refractivity contribution in [3.63, 3.8) is 0 Å². The van der Waals surface area contributed by atoms with Crippen LogP contribution in [0, 0.1) is 11.3 Å². The van der Waals surface area contributed by atoms with Crippen LogP contribution in [0.1, 0.15) is 48.6 Å². The van der Waals surface area contributed by atoms with Gasteiger partial charge in [-0.3, -0.25) is 4.79 Å². The molecule has 2 N–H and O–H groups in total. The summed E-state index contributed by atoms with van der Waals surface area (Å²) in [5.74, 6) is -0.198. The molecule has 1 aromatic heterocycles. The van der Waals surface area contributed by atoms with Gasteiger partial charge in [-0.05, 0) is 37.7 Å². The van der Waals surface area contributed by atoms with Crippen molar-refractivity contribution in [2.45, 2.75) is 55.4 Å². The van der Waals surface area contributed by atoms with Crippen molar-refractivity contribution in [3.8, 4) is 6.07 Å². The second-order valence-corrected chi connectivity index (χ2v) is 8.94. The van der Waals surface area contributed by atoms with Crippen molar-refractivity contribution in [2.24, 2.45) is 0 Å². The van der Waals surface area contributed by atoms with E-state index in [0.29, 0.717) is 23.4 Å². The molecule has 0 radical (unpaired) electrons. The first-order valence-corrected chi connectivity index (χ1v) is 9.49. The fourth-order valence-electron chi connectivity index (χ4n) is 2.58. The quantitative estimate of drug-likeness (QED) is 0.570. The van der Waals surface area contributed by atoms with Gasteiger partial charge in [-0.1, -0.05) is 41.7 Å². The minimum absolute atomic E-state index is 0.198. The van der Waals surface area contributed by atoms with E-state index in [2.05, 4.69) is 16.7 Å². The van der Waals surface area contributed by atoms with Crippen LogP contribution in [0.2, 0.25) is 0 Å². The summed E-state index contributed by atoms with van der Waals surface area (Å²) in [4.78, 5) is 13.1. The lowest BCUT2D eigenvalue weighted by molar-refractivity contribution is -0.121. The van der Waals surface area contributed by atoms with Crippen LogP contribution in [0.3, 0.4) is 0 Å². The van der Waals surface area contributed by atoms with Crippen molar-refractivity contribution in [3.05, 3.63) is 16.0 Å². The van der Waals surface area contributed by atoms with Gasteiger partial charge in [0.15, 0.2) is 0 Å². The van der Waals surface area contributed by atoms with E-state index in [0.717, 1.165) is 31.2 Å². The number of alkyl halides is 3. The third-order valence-electron chi connectivity index (χ3n) is 3.67. The average Bonchev–Trinajstić information content (AvgIpc) is 2.83. The number of fused-ring (bicyclic) bond motifs is 1. The minimum atomic E-state index is -1.72. The summed E-state index contributed by atoms with van der Waals surface area (Å²) in [5, 5.41) is 15.9. The molecule has 0 aromatic carbocycles. The van der Waals surface area contributed by atoms with Crippen LogP contribution in [-0.4, -0.2) is 15.9 Å². The number of anilines is 1. The van der Waals surface area contributed by atoms with E-state index in [9.17, 15) is 10.1 Å². The van der Waals surface area contributed by atoms with Crippen LogP contribution in [0.5, 0.6) is 0 Å². The lowest BCUT2D eigenvalue weighted by atomic mass is 9.96. The molecule has 4 nitrogen and oxygen atoms in total. The van der Waals surface area contributed by atoms with Gasteiger partial charge in [0, 0.05) is 11.3 Å². The molecule has 0 aliphatic heterocycles. The fourth-order valence-corrected chi connectivity index (χ4v) is 4.17. The summed E-state index contributed by atoms with van der Waals surface area (Å²) >= 11 is 19.5. The zero-order valence-electron chi connectivity index (χ0n) is 12.7. The van der Waals surface area contributed by atoms with E-state index in [1.165, 1.54) is 16.2 Å². The highest BCUT2D eigenvalue weighted by Crippen LogP contribution is 2.40. The highest BCUT2D eigenvalue weighted by molar-refractivity contribution is 7.16. The average molecular weight is 395 g/mol. The molecule has 1 aromatic rings. The van der Waals surface area contributed by atoms with Crippen LogP contribution in [0.25, 0.3) is 0 Å². The molecule has 23 heavy (non-hydrogen) atoms. The van der Waals surface area contributed by atoms with Gasteiger partial charge in [0.2, 0.25) is 9.70 Å². The van der Waals surface area contributed by atoms with Crippen molar-refractivity contribution < 1.29 is 4.79 Å². The largest absolute Gasteiger partial charge is 0.352 e. The SMILES string of the molecule is CCCC(=O)N[C@@H](Nc1sc2c(c1C#N)CCCC2)C(Cl)(Cl)Cl. The normalized spacial score (nSPS) is 15.4. The molecule has 1 aliphatic carbocycles. The Hall–Kier alpha value is -0.670. The number of hydrogen-bond acceptors (Lipinski definition) is 4. The number of nitrogens with one attached hydrogen (secondary N) is 2. The molecule has 0 spiro atoms. The first-order valence-electron chi connectivity index (χ1n) is 7.54. The number of aryl methyl sites for hydroxylation is 1. The highest BCUT2D eigenvalue weighted by Gasteiger charge is 2.35. The smallest absolute Gasteiger partial charge is 0.228 e. The molecular weight excluding hydrogens is 377 g/mol. The molecule has 0 fully saturated rings. The number of amides is 1. The number of halogens is 3. The molecule has 2 rings (SSSR count). The van der Waals surface area contributed by atoms with Crippen LogP contribution >= 0.6 is 46.1 Å². The van der Waals surface area contributed by atoms with Gasteiger partial charge in [0.25, 0.3) is 0 Å². The predicted molar refractivity (Wildman–Crippen MR) is 96.4 cm³/mol. The Balaban J connectivity index is 2.24. The molecule has 0 saturated carbocycles. The molecule has 0 unspecified atom stereocenters. The molecule has 1 heterocycles. The Morgan fingerprint density at radius 1 is 1.39 bits per heavy atom. The van der Waals surface area contributed by atoms with Gasteiger partial charge in [0.05, 0.1) is 5.56 Å². The van der Waals surface area contributed by atoms with Gasteiger partial charge >= 0.3 is 0 Å². The third kappa shape index (κ3) is 4.67. The standard InChI is InChI=1S/C15H18Cl3N3OS/c1-2-5-12(22)20-14(15(16,17)18)21-13-10(8-19)9-6-3-4-7-11(9)23-13/h14,21H,2-7H2,1H3,(H,20,22)/t14-/m0/s1. The van der Waals surface area contributed by atoms with Crippen molar-refractivity contribution in [1.29, 1.82) is 5.26 Å². The van der Waals surface area contributed by atoms with Gasteiger partial charge in [-0.15, -0.1) is 11.3 Å².